The second-order valence-corrected chi connectivity index (χ2v) is 11.7. The standard InChI is InChI=1S/C41H33N11/c42-38(43)34-23-24-36(32-14-5-4-13-31(32)34)50-51-37-33-15-6-7-16-35(33)41(47-40(37)45)46-39(44)28-19-21-29(22-20-28)48-52-49-30-12-8-11-27(25-30)18-17-26-9-2-1-3-10-26/h1-16,19-25,38H,42-43H2,(H,48,49)(H4,44,45,46,47)/b51-50+. The van der Waals surface area contributed by atoms with Crippen LogP contribution in [0.25, 0.3) is 21.5 Å². The Morgan fingerprint density at radius 2 is 1.33 bits per heavy atom. The highest BCUT2D eigenvalue weighted by atomic mass is 15.4. The Kier molecular flexibility index (Phi) is 9.65. The third-order valence-electron chi connectivity index (χ3n) is 8.20. The van der Waals surface area contributed by atoms with Crippen LogP contribution in [-0.4, -0.2) is 10.8 Å². The summed E-state index contributed by atoms with van der Waals surface area (Å²) in [5, 5.41) is 32.6. The van der Waals surface area contributed by atoms with Crippen LogP contribution in [0, 0.1) is 17.3 Å². The van der Waals surface area contributed by atoms with Gasteiger partial charge in [-0.1, -0.05) is 95.9 Å². The Bertz CT molecular complexity index is 2530. The lowest BCUT2D eigenvalue weighted by Gasteiger charge is -2.13. The summed E-state index contributed by atoms with van der Waals surface area (Å²) in [7, 11) is 0. The number of nitrogen functional groups attached to an aromatic ring is 1. The zero-order valence-electron chi connectivity index (χ0n) is 27.8. The normalized spacial score (nSPS) is 11.3. The van der Waals surface area contributed by atoms with E-state index in [2.05, 4.69) is 48.1 Å². The van der Waals surface area contributed by atoms with E-state index in [1.807, 2.05) is 115 Å². The van der Waals surface area contributed by atoms with E-state index in [4.69, 9.17) is 22.6 Å². The molecule has 7 aromatic rings. The van der Waals surface area contributed by atoms with Gasteiger partial charge in [-0.2, -0.15) is 0 Å². The molecule has 0 spiro atoms. The van der Waals surface area contributed by atoms with Crippen molar-refractivity contribution in [1.29, 1.82) is 5.41 Å². The minimum absolute atomic E-state index is 0.131. The molecule has 0 unspecified atom stereocenters. The molecule has 0 atom stereocenters. The molecule has 252 valence electrons. The van der Waals surface area contributed by atoms with Crippen molar-refractivity contribution in [3.05, 3.63) is 162 Å². The maximum Gasteiger partial charge on any atom is 0.154 e. The summed E-state index contributed by atoms with van der Waals surface area (Å²) < 4.78 is 0. The molecule has 52 heavy (non-hydrogen) atoms. The number of anilines is 3. The predicted molar refractivity (Wildman–Crippen MR) is 209 cm³/mol. The van der Waals surface area contributed by atoms with Gasteiger partial charge in [0.25, 0.3) is 0 Å². The fourth-order valence-electron chi connectivity index (χ4n) is 5.61. The van der Waals surface area contributed by atoms with E-state index >= 15 is 0 Å². The lowest BCUT2D eigenvalue weighted by atomic mass is 10.0. The van der Waals surface area contributed by atoms with Crippen molar-refractivity contribution in [3.63, 3.8) is 0 Å². The van der Waals surface area contributed by atoms with Gasteiger partial charge >= 0.3 is 0 Å². The number of hydrogen-bond acceptors (Lipinski definition) is 9. The van der Waals surface area contributed by atoms with E-state index in [0.717, 1.165) is 43.9 Å². The van der Waals surface area contributed by atoms with Gasteiger partial charge in [-0.25, -0.2) is 4.98 Å². The van der Waals surface area contributed by atoms with Crippen LogP contribution in [0.3, 0.4) is 0 Å². The van der Waals surface area contributed by atoms with Crippen molar-refractivity contribution in [1.82, 2.24) is 4.98 Å². The maximum absolute atomic E-state index is 8.78. The van der Waals surface area contributed by atoms with E-state index < -0.39 is 6.17 Å². The van der Waals surface area contributed by atoms with E-state index in [9.17, 15) is 0 Å². The summed E-state index contributed by atoms with van der Waals surface area (Å²) in [5.74, 6) is 7.04. The SMILES string of the molecule is N=C(Nc1nc(N)c(/N=N/c2ccc(C(N)N)c3ccccc23)c2ccccc12)c1ccc(/N=N/Nc2cccc(C#Cc3ccccc3)c2)cc1. The number of nitrogens with zero attached hydrogens (tertiary/aromatic N) is 5. The van der Waals surface area contributed by atoms with Gasteiger partial charge in [0.2, 0.25) is 0 Å². The number of azo groups is 1. The summed E-state index contributed by atoms with van der Waals surface area (Å²) in [6.45, 7) is 0. The number of amidine groups is 1. The average molecular weight is 680 g/mol. The molecule has 1 aromatic heterocycles. The smallest absolute Gasteiger partial charge is 0.154 e. The highest BCUT2D eigenvalue weighted by Gasteiger charge is 2.15. The van der Waals surface area contributed by atoms with Crippen molar-refractivity contribution < 1.29 is 0 Å². The largest absolute Gasteiger partial charge is 0.382 e. The van der Waals surface area contributed by atoms with Crippen molar-refractivity contribution in [2.45, 2.75) is 6.17 Å². The lowest BCUT2D eigenvalue weighted by Crippen LogP contribution is -2.20. The summed E-state index contributed by atoms with van der Waals surface area (Å²) in [6.07, 6.45) is -0.620. The molecule has 11 nitrogen and oxygen atoms in total. The number of hydrogen-bond donors (Lipinski definition) is 6. The number of pyridine rings is 1. The fourth-order valence-corrected chi connectivity index (χ4v) is 5.61. The van der Waals surface area contributed by atoms with Crippen molar-refractivity contribution >= 4 is 61.8 Å². The second-order valence-electron chi connectivity index (χ2n) is 11.7. The fraction of sp³-hybridized carbons (Fsp3) is 0.0244. The number of nitrogens with one attached hydrogen (secondary N) is 3. The van der Waals surface area contributed by atoms with Crippen LogP contribution < -0.4 is 27.9 Å². The molecular weight excluding hydrogens is 647 g/mol. The molecule has 7 rings (SSSR count). The zero-order valence-corrected chi connectivity index (χ0v) is 27.8. The highest BCUT2D eigenvalue weighted by Crippen LogP contribution is 2.37. The molecule has 0 radical (unpaired) electrons. The third-order valence-corrected chi connectivity index (χ3v) is 8.20. The van der Waals surface area contributed by atoms with Crippen LogP contribution in [0.5, 0.6) is 0 Å². The first kappa shape index (κ1) is 33.2. The molecule has 0 saturated carbocycles. The predicted octanol–water partition coefficient (Wildman–Crippen LogP) is 9.25. The Morgan fingerprint density at radius 3 is 2.10 bits per heavy atom. The van der Waals surface area contributed by atoms with Crippen molar-refractivity contribution in [2.24, 2.45) is 32.0 Å². The van der Waals surface area contributed by atoms with Gasteiger partial charge in [0, 0.05) is 32.8 Å². The highest BCUT2D eigenvalue weighted by molar-refractivity contribution is 6.12. The maximum atomic E-state index is 8.78. The molecule has 0 saturated heterocycles. The molecule has 0 amide bonds. The number of benzene rings is 6. The molecule has 0 bridgehead atoms. The van der Waals surface area contributed by atoms with Gasteiger partial charge in [-0.3, -0.25) is 10.8 Å². The van der Waals surface area contributed by atoms with Crippen molar-refractivity contribution in [3.8, 4) is 11.8 Å². The quantitative estimate of drug-likeness (QED) is 0.0232. The summed E-state index contributed by atoms with van der Waals surface area (Å²) in [6, 6.07) is 43.6. The third kappa shape index (κ3) is 7.49. The van der Waals surface area contributed by atoms with Crippen LogP contribution in [0.1, 0.15) is 28.4 Å². The summed E-state index contributed by atoms with van der Waals surface area (Å²) in [4.78, 5) is 4.59. The van der Waals surface area contributed by atoms with Crippen LogP contribution in [0.2, 0.25) is 0 Å². The summed E-state index contributed by atoms with van der Waals surface area (Å²) >= 11 is 0. The minimum Gasteiger partial charge on any atom is -0.382 e. The van der Waals surface area contributed by atoms with Crippen LogP contribution in [0.15, 0.2) is 160 Å². The van der Waals surface area contributed by atoms with Gasteiger partial charge in [0.05, 0.1) is 23.2 Å². The molecule has 0 aliphatic rings. The van der Waals surface area contributed by atoms with Crippen molar-refractivity contribution in [2.75, 3.05) is 16.5 Å². The first-order chi connectivity index (χ1) is 25.4. The van der Waals surface area contributed by atoms with Gasteiger partial charge in [0.15, 0.2) is 5.82 Å². The Hall–Kier alpha value is -7.26. The van der Waals surface area contributed by atoms with E-state index in [-0.39, 0.29) is 11.7 Å². The average Bonchev–Trinajstić information content (AvgIpc) is 3.17. The Balaban J connectivity index is 1.05. The molecule has 6 aromatic carbocycles. The molecule has 0 aliphatic heterocycles. The summed E-state index contributed by atoms with van der Waals surface area (Å²) in [5.41, 5.74) is 27.1. The van der Waals surface area contributed by atoms with Crippen LogP contribution >= 0.6 is 0 Å². The lowest BCUT2D eigenvalue weighted by molar-refractivity contribution is 0.781. The molecule has 1 heterocycles. The monoisotopic (exact) mass is 679 g/mol. The number of fused-ring (bicyclic) bond motifs is 2. The number of aromatic nitrogens is 1. The van der Waals surface area contributed by atoms with Gasteiger partial charge in [-0.15, -0.1) is 15.3 Å². The zero-order chi connectivity index (χ0) is 35.9. The van der Waals surface area contributed by atoms with E-state index in [1.54, 1.807) is 24.3 Å². The Morgan fingerprint density at radius 1 is 0.654 bits per heavy atom. The van der Waals surface area contributed by atoms with E-state index in [1.165, 1.54) is 0 Å². The molecule has 9 N–H and O–H groups in total. The topological polar surface area (TPSA) is 188 Å². The van der Waals surface area contributed by atoms with Crippen LogP contribution in [-0.2, 0) is 0 Å². The molecule has 0 fully saturated rings. The van der Waals surface area contributed by atoms with E-state index in [0.29, 0.717) is 28.4 Å². The molecule has 0 aliphatic carbocycles. The minimum atomic E-state index is -0.620. The first-order valence-corrected chi connectivity index (χ1v) is 16.4. The van der Waals surface area contributed by atoms with Gasteiger partial charge in [-0.05, 0) is 71.6 Å². The first-order valence-electron chi connectivity index (χ1n) is 16.4. The van der Waals surface area contributed by atoms with Gasteiger partial charge in [0.1, 0.15) is 17.3 Å². The van der Waals surface area contributed by atoms with Gasteiger partial charge < -0.3 is 22.5 Å². The molecule has 11 heteroatoms. The van der Waals surface area contributed by atoms with Crippen LogP contribution in [0.4, 0.5) is 34.4 Å². The Labute approximate surface area is 299 Å². The number of nitrogens with two attached hydrogens (primary N) is 3. The second kappa shape index (κ2) is 15.1. The molecular formula is C41H33N11. The number of rotatable bonds is 8.